The first kappa shape index (κ1) is 15.0. The number of rotatable bonds is 5. The molecule has 2 amide bonds. The number of carbonyl (C=O) groups is 2. The minimum atomic E-state index is -0.339. The number of aryl methyl sites for hydroxylation is 1. The standard InChI is InChI=1S/C15H22N2O2S/c1-4-10(3)14-15(19)16-8-13(18)17(14)9-12-7-6-11(5-2)20-12/h6-7,10,14H,4-5,8-9H2,1-3H3,(H,16,19). The molecule has 0 bridgehead atoms. The van der Waals surface area contributed by atoms with Crippen LogP contribution in [0.25, 0.3) is 0 Å². The fourth-order valence-corrected chi connectivity index (χ4v) is 3.46. The van der Waals surface area contributed by atoms with Crippen LogP contribution in [0.15, 0.2) is 12.1 Å². The summed E-state index contributed by atoms with van der Waals surface area (Å²) >= 11 is 1.73. The molecule has 1 aliphatic heterocycles. The first-order valence-corrected chi connectivity index (χ1v) is 8.03. The lowest BCUT2D eigenvalue weighted by Crippen LogP contribution is -2.60. The molecule has 0 aliphatic carbocycles. The number of nitrogens with zero attached hydrogens (tertiary/aromatic N) is 1. The van der Waals surface area contributed by atoms with E-state index in [0.717, 1.165) is 17.7 Å². The van der Waals surface area contributed by atoms with Crippen molar-refractivity contribution in [1.29, 1.82) is 0 Å². The second-order valence-corrected chi connectivity index (χ2v) is 6.54. The minimum absolute atomic E-state index is 0.0151. The van der Waals surface area contributed by atoms with Crippen molar-refractivity contribution in [3.63, 3.8) is 0 Å². The molecule has 110 valence electrons. The van der Waals surface area contributed by atoms with E-state index in [9.17, 15) is 9.59 Å². The summed E-state index contributed by atoms with van der Waals surface area (Å²) in [5, 5.41) is 2.70. The van der Waals surface area contributed by atoms with E-state index in [1.807, 2.05) is 6.92 Å². The van der Waals surface area contributed by atoms with Crippen LogP contribution in [0.5, 0.6) is 0 Å². The molecular formula is C15H22N2O2S. The van der Waals surface area contributed by atoms with Crippen molar-refractivity contribution in [1.82, 2.24) is 10.2 Å². The number of hydrogen-bond acceptors (Lipinski definition) is 3. The third-order valence-electron chi connectivity index (χ3n) is 3.91. The van der Waals surface area contributed by atoms with Gasteiger partial charge in [0.25, 0.3) is 0 Å². The van der Waals surface area contributed by atoms with E-state index in [1.165, 1.54) is 4.88 Å². The van der Waals surface area contributed by atoms with E-state index < -0.39 is 0 Å². The highest BCUT2D eigenvalue weighted by Gasteiger charge is 2.37. The molecule has 1 N–H and O–H groups in total. The van der Waals surface area contributed by atoms with Crippen LogP contribution in [0.3, 0.4) is 0 Å². The summed E-state index contributed by atoms with van der Waals surface area (Å²) in [4.78, 5) is 28.5. The van der Waals surface area contributed by atoms with Crippen LogP contribution in [0.4, 0.5) is 0 Å². The number of hydrogen-bond donors (Lipinski definition) is 1. The van der Waals surface area contributed by atoms with Crippen molar-refractivity contribution >= 4 is 23.2 Å². The lowest BCUT2D eigenvalue weighted by atomic mass is 9.95. The Bertz CT molecular complexity index is 498. The maximum Gasteiger partial charge on any atom is 0.243 e. The number of thiophene rings is 1. The zero-order chi connectivity index (χ0) is 14.7. The minimum Gasteiger partial charge on any atom is -0.345 e. The van der Waals surface area contributed by atoms with Crippen LogP contribution >= 0.6 is 11.3 Å². The first-order valence-electron chi connectivity index (χ1n) is 7.21. The van der Waals surface area contributed by atoms with Gasteiger partial charge in [0.1, 0.15) is 6.04 Å². The van der Waals surface area contributed by atoms with Gasteiger partial charge in [-0.2, -0.15) is 0 Å². The molecule has 1 aromatic rings. The summed E-state index contributed by atoms with van der Waals surface area (Å²) in [6.07, 6.45) is 1.89. The van der Waals surface area contributed by atoms with E-state index in [1.54, 1.807) is 16.2 Å². The molecule has 0 radical (unpaired) electrons. The summed E-state index contributed by atoms with van der Waals surface area (Å²) in [6, 6.07) is 3.83. The van der Waals surface area contributed by atoms with Crippen molar-refractivity contribution in [2.75, 3.05) is 6.54 Å². The molecule has 4 nitrogen and oxygen atoms in total. The molecule has 0 aromatic carbocycles. The predicted octanol–water partition coefficient (Wildman–Crippen LogP) is 2.18. The van der Waals surface area contributed by atoms with Gasteiger partial charge >= 0.3 is 0 Å². The predicted molar refractivity (Wildman–Crippen MR) is 80.5 cm³/mol. The van der Waals surface area contributed by atoms with Crippen molar-refractivity contribution in [2.45, 2.75) is 46.2 Å². The Labute approximate surface area is 124 Å². The van der Waals surface area contributed by atoms with Crippen LogP contribution in [0.2, 0.25) is 0 Å². The van der Waals surface area contributed by atoms with E-state index >= 15 is 0 Å². The highest BCUT2D eigenvalue weighted by atomic mass is 32.1. The highest BCUT2D eigenvalue weighted by molar-refractivity contribution is 7.11. The number of piperazine rings is 1. The average molecular weight is 294 g/mol. The number of amides is 2. The van der Waals surface area contributed by atoms with Gasteiger partial charge in [0, 0.05) is 9.75 Å². The van der Waals surface area contributed by atoms with Crippen LogP contribution < -0.4 is 5.32 Å². The van der Waals surface area contributed by atoms with Crippen molar-refractivity contribution in [3.05, 3.63) is 21.9 Å². The van der Waals surface area contributed by atoms with Crippen LogP contribution in [0, 0.1) is 5.92 Å². The van der Waals surface area contributed by atoms with Crippen LogP contribution in [-0.2, 0) is 22.6 Å². The Morgan fingerprint density at radius 1 is 1.35 bits per heavy atom. The Kier molecular flexibility index (Phi) is 4.81. The summed E-state index contributed by atoms with van der Waals surface area (Å²) < 4.78 is 0. The molecule has 2 rings (SSSR count). The lowest BCUT2D eigenvalue weighted by Gasteiger charge is -2.37. The summed E-state index contributed by atoms with van der Waals surface area (Å²) in [5.74, 6) is 0.164. The van der Waals surface area contributed by atoms with Crippen molar-refractivity contribution in [3.8, 4) is 0 Å². The molecule has 0 spiro atoms. The van der Waals surface area contributed by atoms with Gasteiger partial charge < -0.3 is 10.2 Å². The van der Waals surface area contributed by atoms with Gasteiger partial charge in [-0.25, -0.2) is 0 Å². The van der Waals surface area contributed by atoms with E-state index in [-0.39, 0.29) is 30.3 Å². The van der Waals surface area contributed by atoms with E-state index in [0.29, 0.717) is 6.54 Å². The zero-order valence-corrected chi connectivity index (χ0v) is 13.1. The zero-order valence-electron chi connectivity index (χ0n) is 12.3. The second-order valence-electron chi connectivity index (χ2n) is 5.29. The first-order chi connectivity index (χ1) is 9.56. The largest absolute Gasteiger partial charge is 0.345 e. The SMILES string of the molecule is CCc1ccc(CN2C(=O)CNC(=O)C2C(C)CC)s1. The molecule has 1 saturated heterocycles. The molecule has 1 fully saturated rings. The quantitative estimate of drug-likeness (QED) is 0.905. The topological polar surface area (TPSA) is 49.4 Å². The number of nitrogens with one attached hydrogen (secondary N) is 1. The van der Waals surface area contributed by atoms with Crippen LogP contribution in [0.1, 0.15) is 36.9 Å². The average Bonchev–Trinajstić information content (AvgIpc) is 2.90. The van der Waals surface area contributed by atoms with Gasteiger partial charge in [-0.15, -0.1) is 11.3 Å². The second kappa shape index (κ2) is 6.39. The molecule has 0 saturated carbocycles. The fourth-order valence-electron chi connectivity index (χ4n) is 2.51. The molecule has 5 heteroatoms. The fraction of sp³-hybridized carbons (Fsp3) is 0.600. The number of carbonyl (C=O) groups excluding carboxylic acids is 2. The molecular weight excluding hydrogens is 272 g/mol. The Hall–Kier alpha value is -1.36. The van der Waals surface area contributed by atoms with Gasteiger partial charge in [0.15, 0.2) is 0 Å². The smallest absolute Gasteiger partial charge is 0.243 e. The maximum atomic E-state index is 12.2. The van der Waals surface area contributed by atoms with Crippen molar-refractivity contribution in [2.24, 2.45) is 5.92 Å². The van der Waals surface area contributed by atoms with Gasteiger partial charge in [-0.3, -0.25) is 9.59 Å². The van der Waals surface area contributed by atoms with E-state index in [4.69, 9.17) is 0 Å². The van der Waals surface area contributed by atoms with Gasteiger partial charge in [-0.1, -0.05) is 27.2 Å². The Balaban J connectivity index is 2.19. The summed E-state index contributed by atoms with van der Waals surface area (Å²) in [6.45, 7) is 6.87. The Morgan fingerprint density at radius 2 is 2.05 bits per heavy atom. The Morgan fingerprint density at radius 3 is 2.65 bits per heavy atom. The molecule has 20 heavy (non-hydrogen) atoms. The van der Waals surface area contributed by atoms with Gasteiger partial charge in [-0.05, 0) is 24.5 Å². The van der Waals surface area contributed by atoms with Gasteiger partial charge in [0.2, 0.25) is 11.8 Å². The summed E-state index contributed by atoms with van der Waals surface area (Å²) in [5.41, 5.74) is 0. The molecule has 2 atom stereocenters. The molecule has 1 aliphatic rings. The third kappa shape index (κ3) is 3.03. The van der Waals surface area contributed by atoms with E-state index in [2.05, 4.69) is 31.3 Å². The monoisotopic (exact) mass is 294 g/mol. The summed E-state index contributed by atoms with van der Waals surface area (Å²) in [7, 11) is 0. The molecule has 1 aromatic heterocycles. The van der Waals surface area contributed by atoms with Gasteiger partial charge in [0.05, 0.1) is 13.1 Å². The maximum absolute atomic E-state index is 12.2. The highest BCUT2D eigenvalue weighted by Crippen LogP contribution is 2.24. The lowest BCUT2D eigenvalue weighted by molar-refractivity contribution is -0.148. The molecule has 2 heterocycles. The van der Waals surface area contributed by atoms with Crippen molar-refractivity contribution < 1.29 is 9.59 Å². The normalized spacial score (nSPS) is 20.9. The molecule has 2 unspecified atom stereocenters. The van der Waals surface area contributed by atoms with Crippen LogP contribution in [-0.4, -0.2) is 29.3 Å². The third-order valence-corrected chi connectivity index (χ3v) is 5.13.